The first-order valence-electron chi connectivity index (χ1n) is 3.92. The number of hydrogen-bond donors (Lipinski definition) is 0. The van der Waals surface area contributed by atoms with E-state index in [0.717, 1.165) is 0 Å². The van der Waals surface area contributed by atoms with Crippen LogP contribution in [-0.4, -0.2) is 12.3 Å². The third-order valence-electron chi connectivity index (χ3n) is 1.61. The van der Waals surface area contributed by atoms with Crippen LogP contribution in [0.25, 0.3) is 0 Å². The molecule has 0 aromatic carbocycles. The molecule has 0 saturated heterocycles. The lowest BCUT2D eigenvalue weighted by molar-refractivity contribution is 0.259. The Hall–Kier alpha value is -0.520. The predicted molar refractivity (Wildman–Crippen MR) is 45.7 cm³/mol. The van der Waals surface area contributed by atoms with Gasteiger partial charge in [-0.3, -0.25) is 4.52 Å². The molecule has 0 aromatic rings. The van der Waals surface area contributed by atoms with Crippen LogP contribution in [0.2, 0.25) is 0 Å². The maximum Gasteiger partial charge on any atom is 0.391 e. The van der Waals surface area contributed by atoms with Crippen molar-refractivity contribution in [3.05, 3.63) is 0 Å². The molecule has 0 fully saturated rings. The summed E-state index contributed by atoms with van der Waals surface area (Å²) in [6, 6.07) is 0. The third-order valence-corrected chi connectivity index (χ3v) is 4.01. The minimum atomic E-state index is -3.17. The summed E-state index contributed by atoms with van der Waals surface area (Å²) < 4.78 is 21.1. The molecule has 70 valence electrons. The molecule has 0 aliphatic heterocycles. The molecule has 2 unspecified atom stereocenters. The van der Waals surface area contributed by atoms with Gasteiger partial charge >= 0.3 is 7.60 Å². The van der Waals surface area contributed by atoms with Gasteiger partial charge in [0.1, 0.15) is 0 Å². The van der Waals surface area contributed by atoms with Crippen molar-refractivity contribution in [3.63, 3.8) is 0 Å². The largest absolute Gasteiger partial charge is 0.391 e. The van der Waals surface area contributed by atoms with Gasteiger partial charge in [-0.25, -0.2) is 4.57 Å². The SMILES string of the molecule is CCOP(=O)(OC#N)C(C)CC. The topological polar surface area (TPSA) is 59.3 Å². The van der Waals surface area contributed by atoms with Crippen LogP contribution in [-0.2, 0) is 13.6 Å². The molecular formula is C7H14NO3P. The van der Waals surface area contributed by atoms with Crippen LogP contribution in [0.5, 0.6) is 0 Å². The number of nitrogens with zero attached hydrogens (tertiary/aromatic N) is 1. The summed E-state index contributed by atoms with van der Waals surface area (Å²) in [5.41, 5.74) is -0.225. The second-order valence-electron chi connectivity index (χ2n) is 2.40. The van der Waals surface area contributed by atoms with Gasteiger partial charge < -0.3 is 4.52 Å². The van der Waals surface area contributed by atoms with Crippen LogP contribution < -0.4 is 0 Å². The molecule has 2 atom stereocenters. The Kier molecular flexibility index (Phi) is 4.96. The quantitative estimate of drug-likeness (QED) is 0.494. The summed E-state index contributed by atoms with van der Waals surface area (Å²) in [6.07, 6.45) is 2.09. The summed E-state index contributed by atoms with van der Waals surface area (Å²) in [7, 11) is -3.17. The van der Waals surface area contributed by atoms with Gasteiger partial charge in [0.25, 0.3) is 6.26 Å². The van der Waals surface area contributed by atoms with Crippen molar-refractivity contribution < 1.29 is 13.6 Å². The summed E-state index contributed by atoms with van der Waals surface area (Å²) in [5.74, 6) is 0. The average molecular weight is 191 g/mol. The predicted octanol–water partition coefficient (Wildman–Crippen LogP) is 2.51. The maximum atomic E-state index is 11.7. The molecule has 0 aromatic heterocycles. The second kappa shape index (κ2) is 5.18. The van der Waals surface area contributed by atoms with Gasteiger partial charge in [-0.15, -0.1) is 5.26 Å². The highest BCUT2D eigenvalue weighted by molar-refractivity contribution is 7.54. The molecule has 0 bridgehead atoms. The molecule has 0 aliphatic carbocycles. The lowest BCUT2D eigenvalue weighted by Crippen LogP contribution is -2.06. The highest BCUT2D eigenvalue weighted by Crippen LogP contribution is 2.53. The van der Waals surface area contributed by atoms with E-state index in [0.29, 0.717) is 13.0 Å². The zero-order chi connectivity index (χ0) is 9.61. The summed E-state index contributed by atoms with van der Waals surface area (Å²) >= 11 is 0. The van der Waals surface area contributed by atoms with Crippen LogP contribution >= 0.6 is 7.60 Å². The minimum absolute atomic E-state index is 0.225. The molecule has 0 radical (unpaired) electrons. The average Bonchev–Trinajstić information content (AvgIpc) is 2.04. The molecule has 0 rings (SSSR count). The van der Waals surface area contributed by atoms with E-state index in [1.165, 1.54) is 6.26 Å². The lowest BCUT2D eigenvalue weighted by Gasteiger charge is -2.18. The highest BCUT2D eigenvalue weighted by Gasteiger charge is 2.32. The Labute approximate surface area is 73.0 Å². The van der Waals surface area contributed by atoms with Crippen molar-refractivity contribution in [1.29, 1.82) is 5.26 Å². The van der Waals surface area contributed by atoms with Gasteiger partial charge in [-0.1, -0.05) is 6.92 Å². The molecule has 0 aliphatic rings. The minimum Gasteiger partial charge on any atom is -0.349 e. The normalized spacial score (nSPS) is 17.5. The van der Waals surface area contributed by atoms with Gasteiger partial charge in [0, 0.05) is 0 Å². The highest BCUT2D eigenvalue weighted by atomic mass is 31.2. The van der Waals surface area contributed by atoms with E-state index in [1.54, 1.807) is 13.8 Å². The number of hydrogen-bond acceptors (Lipinski definition) is 4. The fourth-order valence-electron chi connectivity index (χ4n) is 0.704. The maximum absolute atomic E-state index is 11.7. The molecule has 12 heavy (non-hydrogen) atoms. The van der Waals surface area contributed by atoms with Crippen LogP contribution in [0.4, 0.5) is 0 Å². The molecule has 0 amide bonds. The molecule has 5 heteroatoms. The van der Waals surface area contributed by atoms with E-state index in [1.807, 2.05) is 6.92 Å². The van der Waals surface area contributed by atoms with E-state index in [9.17, 15) is 4.57 Å². The zero-order valence-corrected chi connectivity index (χ0v) is 8.51. The fourth-order valence-corrected chi connectivity index (χ4v) is 2.11. The van der Waals surface area contributed by atoms with Gasteiger partial charge in [0.15, 0.2) is 0 Å². The second-order valence-corrected chi connectivity index (χ2v) is 4.80. The Morgan fingerprint density at radius 2 is 2.17 bits per heavy atom. The van der Waals surface area contributed by atoms with Crippen LogP contribution in [0.3, 0.4) is 0 Å². The number of nitriles is 1. The molecule has 0 spiro atoms. The van der Waals surface area contributed by atoms with Crippen molar-refractivity contribution >= 4 is 7.60 Å². The van der Waals surface area contributed by atoms with Crippen LogP contribution in [0.15, 0.2) is 0 Å². The Balaban J connectivity index is 4.40. The lowest BCUT2D eigenvalue weighted by atomic mass is 10.4. The Morgan fingerprint density at radius 1 is 1.58 bits per heavy atom. The summed E-state index contributed by atoms with van der Waals surface area (Å²) in [5, 5.41) is 8.25. The Bertz CT molecular complexity index is 211. The molecule has 0 heterocycles. The first-order chi connectivity index (χ1) is 5.60. The summed E-state index contributed by atoms with van der Waals surface area (Å²) in [6.45, 7) is 5.63. The van der Waals surface area contributed by atoms with Gasteiger partial charge in [0.2, 0.25) is 0 Å². The van der Waals surface area contributed by atoms with Crippen molar-refractivity contribution in [1.82, 2.24) is 0 Å². The van der Waals surface area contributed by atoms with E-state index in [-0.39, 0.29) is 5.66 Å². The van der Waals surface area contributed by atoms with Crippen LogP contribution in [0, 0.1) is 11.5 Å². The zero-order valence-electron chi connectivity index (χ0n) is 7.61. The fraction of sp³-hybridized carbons (Fsp3) is 0.857. The van der Waals surface area contributed by atoms with Gasteiger partial charge in [-0.05, 0) is 20.3 Å². The van der Waals surface area contributed by atoms with E-state index in [4.69, 9.17) is 9.79 Å². The molecule has 0 saturated carbocycles. The van der Waals surface area contributed by atoms with Crippen molar-refractivity contribution in [2.45, 2.75) is 32.9 Å². The summed E-state index contributed by atoms with van der Waals surface area (Å²) in [4.78, 5) is 0. The molecule has 4 nitrogen and oxygen atoms in total. The number of rotatable bonds is 5. The first kappa shape index (κ1) is 11.5. The van der Waals surface area contributed by atoms with Crippen molar-refractivity contribution in [3.8, 4) is 6.26 Å². The van der Waals surface area contributed by atoms with Crippen molar-refractivity contribution in [2.24, 2.45) is 0 Å². The first-order valence-corrected chi connectivity index (χ1v) is 5.53. The third kappa shape index (κ3) is 2.84. The van der Waals surface area contributed by atoms with Gasteiger partial charge in [0.05, 0.1) is 12.3 Å². The van der Waals surface area contributed by atoms with Gasteiger partial charge in [-0.2, -0.15) is 0 Å². The van der Waals surface area contributed by atoms with E-state index < -0.39 is 7.60 Å². The standard InChI is InChI=1S/C7H14NO3P/c1-4-7(3)12(9,10-5-2)11-6-8/h7H,4-5H2,1-3H3. The monoisotopic (exact) mass is 191 g/mol. The van der Waals surface area contributed by atoms with Crippen molar-refractivity contribution in [2.75, 3.05) is 6.61 Å². The molecular weight excluding hydrogens is 177 g/mol. The van der Waals surface area contributed by atoms with Crippen LogP contribution in [0.1, 0.15) is 27.2 Å². The Morgan fingerprint density at radius 3 is 2.50 bits per heavy atom. The van der Waals surface area contributed by atoms with E-state index in [2.05, 4.69) is 4.52 Å². The smallest absolute Gasteiger partial charge is 0.349 e. The molecule has 0 N–H and O–H groups in total. The van der Waals surface area contributed by atoms with E-state index >= 15 is 0 Å².